The normalized spacial score (nSPS) is 12.5. The summed E-state index contributed by atoms with van der Waals surface area (Å²) in [6.45, 7) is 1.52. The third-order valence-corrected chi connectivity index (χ3v) is 3.52. The lowest BCUT2D eigenvalue weighted by Gasteiger charge is -2.10. The van der Waals surface area contributed by atoms with Gasteiger partial charge in [-0.25, -0.2) is 4.39 Å². The smallest absolute Gasteiger partial charge is 0.306 e. The summed E-state index contributed by atoms with van der Waals surface area (Å²) in [5, 5.41) is 9.10. The van der Waals surface area contributed by atoms with Gasteiger partial charge in [-0.15, -0.1) is 0 Å². The summed E-state index contributed by atoms with van der Waals surface area (Å²) in [6.07, 6.45) is 0.113. The van der Waals surface area contributed by atoms with E-state index in [1.54, 1.807) is 0 Å². The van der Waals surface area contributed by atoms with Crippen molar-refractivity contribution in [2.75, 3.05) is 0 Å². The van der Waals surface area contributed by atoms with E-state index in [1.165, 1.54) is 19.1 Å². The molecule has 1 N–H and O–H groups in total. The van der Waals surface area contributed by atoms with Crippen LogP contribution in [0.2, 0.25) is 5.02 Å². The van der Waals surface area contributed by atoms with E-state index in [2.05, 4.69) is 15.9 Å². The highest BCUT2D eigenvalue weighted by Crippen LogP contribution is 2.30. The minimum atomic E-state index is -0.957. The Labute approximate surface area is 100 Å². The minimum absolute atomic E-state index is 0.113. The van der Waals surface area contributed by atoms with Crippen molar-refractivity contribution in [3.63, 3.8) is 0 Å². The highest BCUT2D eigenvalue weighted by atomic mass is 79.9. The average molecular weight is 296 g/mol. The molecule has 1 rings (SSSR count). The van der Waals surface area contributed by atoms with Crippen LogP contribution in [0.3, 0.4) is 0 Å². The zero-order chi connectivity index (χ0) is 11.6. The summed E-state index contributed by atoms with van der Waals surface area (Å²) in [7, 11) is 0. The second-order valence-electron chi connectivity index (χ2n) is 3.27. The van der Waals surface area contributed by atoms with E-state index in [1.807, 2.05) is 0 Å². The Morgan fingerprint density at radius 2 is 2.27 bits per heavy atom. The Bertz CT molecular complexity index is 395. The lowest BCUT2D eigenvalue weighted by Crippen LogP contribution is -2.13. The molecule has 0 saturated carbocycles. The molecule has 0 aliphatic heterocycles. The number of carbonyl (C=O) groups is 1. The van der Waals surface area contributed by atoms with Gasteiger partial charge in [0.2, 0.25) is 0 Å². The van der Waals surface area contributed by atoms with Gasteiger partial charge in [-0.3, -0.25) is 4.79 Å². The van der Waals surface area contributed by atoms with Gasteiger partial charge in [0.25, 0.3) is 0 Å². The van der Waals surface area contributed by atoms with Crippen LogP contribution >= 0.6 is 27.5 Å². The van der Waals surface area contributed by atoms with Crippen LogP contribution < -0.4 is 0 Å². The number of hydrogen-bond acceptors (Lipinski definition) is 1. The van der Waals surface area contributed by atoms with E-state index < -0.39 is 17.7 Å². The second kappa shape index (κ2) is 4.94. The maximum Gasteiger partial charge on any atom is 0.306 e. The Morgan fingerprint density at radius 1 is 1.67 bits per heavy atom. The zero-order valence-corrected chi connectivity index (χ0v) is 10.3. The van der Waals surface area contributed by atoms with Gasteiger partial charge in [-0.2, -0.15) is 0 Å². The molecule has 0 fully saturated rings. The summed E-state index contributed by atoms with van der Waals surface area (Å²) in [5.41, 5.74) is 0.303. The Morgan fingerprint density at radius 3 is 2.80 bits per heavy atom. The fourth-order valence-electron chi connectivity index (χ4n) is 1.15. The largest absolute Gasteiger partial charge is 0.481 e. The van der Waals surface area contributed by atoms with E-state index in [4.69, 9.17) is 16.7 Å². The predicted molar refractivity (Wildman–Crippen MR) is 59.6 cm³/mol. The number of benzene rings is 1. The molecule has 0 bridgehead atoms. The molecular formula is C10H9BrClFO2. The van der Waals surface area contributed by atoms with E-state index in [9.17, 15) is 9.18 Å². The first kappa shape index (κ1) is 12.5. The summed E-state index contributed by atoms with van der Waals surface area (Å²) in [6, 6.07) is 2.66. The van der Waals surface area contributed by atoms with E-state index in [0.717, 1.165) is 0 Å². The Balaban J connectivity index is 3.03. The first-order chi connectivity index (χ1) is 6.93. The van der Waals surface area contributed by atoms with Gasteiger partial charge in [-0.1, -0.05) is 18.5 Å². The topological polar surface area (TPSA) is 37.3 Å². The number of hydrogen-bond donors (Lipinski definition) is 1. The van der Waals surface area contributed by atoms with Crippen LogP contribution in [0, 0.1) is 11.7 Å². The minimum Gasteiger partial charge on any atom is -0.481 e. The third-order valence-electron chi connectivity index (χ3n) is 2.07. The van der Waals surface area contributed by atoms with Gasteiger partial charge in [0, 0.05) is 10.0 Å². The molecule has 0 radical (unpaired) electrons. The van der Waals surface area contributed by atoms with E-state index >= 15 is 0 Å². The summed E-state index contributed by atoms with van der Waals surface area (Å²) >= 11 is 8.93. The van der Waals surface area contributed by atoms with Gasteiger partial charge in [0.1, 0.15) is 5.82 Å². The number of halogens is 3. The average Bonchev–Trinajstić information content (AvgIpc) is 2.18. The molecule has 1 atom stereocenters. The lowest BCUT2D eigenvalue weighted by atomic mass is 10.0. The summed E-state index contributed by atoms with van der Waals surface area (Å²) in [4.78, 5) is 10.6. The van der Waals surface area contributed by atoms with Crippen molar-refractivity contribution in [3.8, 4) is 0 Å². The van der Waals surface area contributed by atoms with Crippen LogP contribution in [-0.4, -0.2) is 11.1 Å². The molecule has 1 aromatic rings. The molecule has 82 valence electrons. The molecule has 0 amide bonds. The van der Waals surface area contributed by atoms with Gasteiger partial charge >= 0.3 is 5.97 Å². The van der Waals surface area contributed by atoms with Crippen molar-refractivity contribution in [2.24, 2.45) is 5.92 Å². The second-order valence-corrected chi connectivity index (χ2v) is 4.47. The van der Waals surface area contributed by atoms with Crippen LogP contribution in [0.4, 0.5) is 4.39 Å². The van der Waals surface area contributed by atoms with Crippen LogP contribution in [-0.2, 0) is 11.2 Å². The molecule has 0 aromatic heterocycles. The molecule has 0 heterocycles. The fourth-order valence-corrected chi connectivity index (χ4v) is 1.81. The predicted octanol–water partition coefficient (Wildman–Crippen LogP) is 3.50. The molecule has 15 heavy (non-hydrogen) atoms. The molecule has 0 aliphatic carbocycles. The van der Waals surface area contributed by atoms with Gasteiger partial charge < -0.3 is 5.11 Å². The highest BCUT2D eigenvalue weighted by molar-refractivity contribution is 9.10. The number of aliphatic carboxylic acids is 1. The standard InChI is InChI=1S/C10H9BrClFO2/c1-5(10(14)15)4-6-8(13)3-2-7(12)9(6)11/h2-3,5H,4H2,1H3,(H,14,15). The van der Waals surface area contributed by atoms with Crippen molar-refractivity contribution in [3.05, 3.63) is 33.0 Å². The molecular weight excluding hydrogens is 286 g/mol. The van der Waals surface area contributed by atoms with Crippen molar-refractivity contribution >= 4 is 33.5 Å². The lowest BCUT2D eigenvalue weighted by molar-refractivity contribution is -0.141. The van der Waals surface area contributed by atoms with Crippen LogP contribution in [0.25, 0.3) is 0 Å². The molecule has 0 spiro atoms. The van der Waals surface area contributed by atoms with E-state index in [0.29, 0.717) is 15.1 Å². The van der Waals surface area contributed by atoms with E-state index in [-0.39, 0.29) is 6.42 Å². The van der Waals surface area contributed by atoms with Crippen molar-refractivity contribution in [2.45, 2.75) is 13.3 Å². The monoisotopic (exact) mass is 294 g/mol. The van der Waals surface area contributed by atoms with Crippen LogP contribution in [0.15, 0.2) is 16.6 Å². The number of rotatable bonds is 3. The molecule has 1 aromatic carbocycles. The molecule has 2 nitrogen and oxygen atoms in total. The fraction of sp³-hybridized carbons (Fsp3) is 0.300. The first-order valence-electron chi connectivity index (χ1n) is 4.28. The molecule has 0 aliphatic rings. The molecule has 1 unspecified atom stereocenters. The van der Waals surface area contributed by atoms with Crippen LogP contribution in [0.5, 0.6) is 0 Å². The number of carboxylic acids is 1. The molecule has 5 heteroatoms. The third kappa shape index (κ3) is 2.92. The molecule has 0 saturated heterocycles. The SMILES string of the molecule is CC(Cc1c(F)ccc(Cl)c1Br)C(=O)O. The first-order valence-corrected chi connectivity index (χ1v) is 5.45. The maximum atomic E-state index is 13.4. The zero-order valence-electron chi connectivity index (χ0n) is 7.93. The number of carboxylic acid groups (broad SMARTS) is 1. The van der Waals surface area contributed by atoms with Crippen LogP contribution in [0.1, 0.15) is 12.5 Å². The van der Waals surface area contributed by atoms with Gasteiger partial charge in [-0.05, 0) is 34.5 Å². The quantitative estimate of drug-likeness (QED) is 0.867. The summed E-state index contributed by atoms with van der Waals surface area (Å²) < 4.78 is 13.8. The van der Waals surface area contributed by atoms with Gasteiger partial charge in [0.15, 0.2) is 0 Å². The van der Waals surface area contributed by atoms with Crippen molar-refractivity contribution in [1.82, 2.24) is 0 Å². The maximum absolute atomic E-state index is 13.4. The highest BCUT2D eigenvalue weighted by Gasteiger charge is 2.17. The Kier molecular flexibility index (Phi) is 4.11. The van der Waals surface area contributed by atoms with Crippen molar-refractivity contribution in [1.29, 1.82) is 0 Å². The van der Waals surface area contributed by atoms with Crippen molar-refractivity contribution < 1.29 is 14.3 Å². The van der Waals surface area contributed by atoms with Gasteiger partial charge in [0.05, 0.1) is 10.9 Å². The Hall–Kier alpha value is -0.610. The summed E-state index contributed by atoms with van der Waals surface area (Å²) in [5.74, 6) is -2.05.